The molecule has 2 aromatic rings. The molecular weight excluding hydrogens is 240 g/mol. The van der Waals surface area contributed by atoms with Crippen LogP contribution >= 0.6 is 0 Å². The molecule has 1 amide bonds. The summed E-state index contributed by atoms with van der Waals surface area (Å²) < 4.78 is 2.04. The van der Waals surface area contributed by atoms with Gasteiger partial charge in [0.05, 0.1) is 6.10 Å². The molecule has 1 saturated heterocycles. The Morgan fingerprint density at radius 2 is 2.21 bits per heavy atom. The Bertz CT molecular complexity index is 618. The maximum atomic E-state index is 12.2. The molecule has 3 rings (SSSR count). The van der Waals surface area contributed by atoms with E-state index in [1.165, 1.54) is 0 Å². The number of benzene rings is 1. The first-order chi connectivity index (χ1) is 9.15. The Morgan fingerprint density at radius 3 is 2.95 bits per heavy atom. The molecule has 1 atom stereocenters. The molecule has 4 nitrogen and oxygen atoms in total. The van der Waals surface area contributed by atoms with Crippen LogP contribution in [0.5, 0.6) is 0 Å². The lowest BCUT2D eigenvalue weighted by atomic mass is 10.2. The number of para-hydroxylation sites is 1. The fourth-order valence-corrected chi connectivity index (χ4v) is 2.76. The lowest BCUT2D eigenvalue weighted by Crippen LogP contribution is -2.32. The van der Waals surface area contributed by atoms with Gasteiger partial charge in [0.25, 0.3) is 0 Å². The summed E-state index contributed by atoms with van der Waals surface area (Å²) in [5.41, 5.74) is 2.18. The molecule has 0 saturated carbocycles. The van der Waals surface area contributed by atoms with Crippen molar-refractivity contribution in [2.24, 2.45) is 0 Å². The summed E-state index contributed by atoms with van der Waals surface area (Å²) in [7, 11) is 0. The second-order valence-corrected chi connectivity index (χ2v) is 5.21. The molecule has 0 radical (unpaired) electrons. The largest absolute Gasteiger partial charge is 0.391 e. The lowest BCUT2D eigenvalue weighted by Gasteiger charge is -2.17. The standard InChI is InChI=1S/C15H18N2O2/c1-11-8-12-4-2-3-5-14(12)17(11)10-15(19)16-7-6-13(18)9-16/h2-5,8,13,18H,6-7,9-10H2,1H3/t13-/m1/s1. The van der Waals surface area contributed by atoms with Crippen molar-refractivity contribution in [1.29, 1.82) is 0 Å². The third-order valence-electron chi connectivity index (χ3n) is 3.83. The van der Waals surface area contributed by atoms with Crippen LogP contribution in [0.25, 0.3) is 10.9 Å². The van der Waals surface area contributed by atoms with Crippen LogP contribution in [0.3, 0.4) is 0 Å². The number of aryl methyl sites for hydroxylation is 1. The summed E-state index contributed by atoms with van der Waals surface area (Å²) in [5.74, 6) is 0.0843. The van der Waals surface area contributed by atoms with E-state index in [-0.39, 0.29) is 12.0 Å². The average molecular weight is 258 g/mol. The number of nitrogens with zero attached hydrogens (tertiary/aromatic N) is 2. The van der Waals surface area contributed by atoms with E-state index in [2.05, 4.69) is 12.1 Å². The molecule has 1 fully saturated rings. The van der Waals surface area contributed by atoms with Gasteiger partial charge in [0.15, 0.2) is 0 Å². The van der Waals surface area contributed by atoms with Gasteiger partial charge in [-0.05, 0) is 30.9 Å². The van der Waals surface area contributed by atoms with Crippen LogP contribution in [0.2, 0.25) is 0 Å². The summed E-state index contributed by atoms with van der Waals surface area (Å²) in [6.45, 7) is 3.51. The van der Waals surface area contributed by atoms with Crippen molar-refractivity contribution in [2.45, 2.75) is 26.0 Å². The number of rotatable bonds is 2. The van der Waals surface area contributed by atoms with E-state index in [0.29, 0.717) is 26.1 Å². The molecule has 1 aliphatic heterocycles. The predicted octanol–water partition coefficient (Wildman–Crippen LogP) is 1.54. The van der Waals surface area contributed by atoms with Gasteiger partial charge < -0.3 is 14.6 Å². The van der Waals surface area contributed by atoms with Crippen molar-refractivity contribution >= 4 is 16.8 Å². The van der Waals surface area contributed by atoms with Gasteiger partial charge in [0.2, 0.25) is 5.91 Å². The van der Waals surface area contributed by atoms with Gasteiger partial charge in [0.1, 0.15) is 6.54 Å². The van der Waals surface area contributed by atoms with E-state index in [0.717, 1.165) is 16.6 Å². The number of likely N-dealkylation sites (tertiary alicyclic amines) is 1. The third kappa shape index (κ3) is 2.24. The number of fused-ring (bicyclic) bond motifs is 1. The zero-order valence-corrected chi connectivity index (χ0v) is 11.0. The van der Waals surface area contributed by atoms with E-state index in [9.17, 15) is 9.90 Å². The summed E-state index contributed by atoms with van der Waals surface area (Å²) in [6, 6.07) is 10.2. The van der Waals surface area contributed by atoms with Crippen LogP contribution in [0.15, 0.2) is 30.3 Å². The number of aromatic nitrogens is 1. The quantitative estimate of drug-likeness (QED) is 0.888. The van der Waals surface area contributed by atoms with Gasteiger partial charge in [-0.15, -0.1) is 0 Å². The van der Waals surface area contributed by atoms with Gasteiger partial charge in [0, 0.05) is 24.3 Å². The van der Waals surface area contributed by atoms with Crippen molar-refractivity contribution in [3.05, 3.63) is 36.0 Å². The second-order valence-electron chi connectivity index (χ2n) is 5.21. The lowest BCUT2D eigenvalue weighted by molar-refractivity contribution is -0.131. The van der Waals surface area contributed by atoms with Crippen molar-refractivity contribution in [3.63, 3.8) is 0 Å². The number of amides is 1. The molecular formula is C15H18N2O2. The van der Waals surface area contributed by atoms with Crippen LogP contribution in [0, 0.1) is 6.92 Å². The summed E-state index contributed by atoms with van der Waals surface area (Å²) in [5, 5.41) is 10.7. The molecule has 1 aliphatic rings. The van der Waals surface area contributed by atoms with E-state index >= 15 is 0 Å². The molecule has 0 bridgehead atoms. The summed E-state index contributed by atoms with van der Waals surface area (Å²) >= 11 is 0. The Hall–Kier alpha value is -1.81. The van der Waals surface area contributed by atoms with Crippen LogP contribution in [-0.2, 0) is 11.3 Å². The number of carbonyl (C=O) groups excluding carboxylic acids is 1. The number of hydrogen-bond donors (Lipinski definition) is 1. The van der Waals surface area contributed by atoms with Gasteiger partial charge >= 0.3 is 0 Å². The number of hydrogen-bond acceptors (Lipinski definition) is 2. The van der Waals surface area contributed by atoms with Crippen molar-refractivity contribution in [1.82, 2.24) is 9.47 Å². The molecule has 1 aromatic heterocycles. The fourth-order valence-electron chi connectivity index (χ4n) is 2.76. The first kappa shape index (κ1) is 12.2. The molecule has 0 aliphatic carbocycles. The SMILES string of the molecule is Cc1cc2ccccc2n1CC(=O)N1CC[C@@H](O)C1. The summed E-state index contributed by atoms with van der Waals surface area (Å²) in [4.78, 5) is 14.0. The molecule has 1 aromatic carbocycles. The van der Waals surface area contributed by atoms with Crippen LogP contribution in [0.4, 0.5) is 0 Å². The molecule has 0 unspecified atom stereocenters. The van der Waals surface area contributed by atoms with E-state index in [1.54, 1.807) is 4.90 Å². The molecule has 100 valence electrons. The maximum Gasteiger partial charge on any atom is 0.242 e. The van der Waals surface area contributed by atoms with E-state index in [4.69, 9.17) is 0 Å². The van der Waals surface area contributed by atoms with Crippen molar-refractivity contribution in [2.75, 3.05) is 13.1 Å². The topological polar surface area (TPSA) is 45.5 Å². The average Bonchev–Trinajstić information content (AvgIpc) is 2.95. The molecule has 0 spiro atoms. The highest BCUT2D eigenvalue weighted by Crippen LogP contribution is 2.20. The van der Waals surface area contributed by atoms with Crippen molar-refractivity contribution in [3.8, 4) is 0 Å². The molecule has 4 heteroatoms. The minimum Gasteiger partial charge on any atom is -0.391 e. The Labute approximate surface area is 112 Å². The zero-order chi connectivity index (χ0) is 13.4. The highest BCUT2D eigenvalue weighted by molar-refractivity contribution is 5.84. The minimum absolute atomic E-state index is 0.0843. The van der Waals surface area contributed by atoms with Crippen LogP contribution < -0.4 is 0 Å². The number of aliphatic hydroxyl groups is 1. The van der Waals surface area contributed by atoms with Crippen LogP contribution in [-0.4, -0.2) is 39.7 Å². The number of aliphatic hydroxyl groups excluding tert-OH is 1. The first-order valence-corrected chi connectivity index (χ1v) is 6.66. The van der Waals surface area contributed by atoms with Crippen LogP contribution in [0.1, 0.15) is 12.1 Å². The third-order valence-corrected chi connectivity index (χ3v) is 3.83. The zero-order valence-electron chi connectivity index (χ0n) is 11.0. The van der Waals surface area contributed by atoms with Gasteiger partial charge in [-0.3, -0.25) is 4.79 Å². The van der Waals surface area contributed by atoms with Gasteiger partial charge in [-0.1, -0.05) is 18.2 Å². The van der Waals surface area contributed by atoms with E-state index in [1.807, 2.05) is 29.7 Å². The van der Waals surface area contributed by atoms with Crippen molar-refractivity contribution < 1.29 is 9.90 Å². The second kappa shape index (κ2) is 4.70. The number of carbonyl (C=O) groups is 1. The van der Waals surface area contributed by atoms with Gasteiger partial charge in [-0.25, -0.2) is 0 Å². The summed E-state index contributed by atoms with van der Waals surface area (Å²) in [6.07, 6.45) is 0.336. The minimum atomic E-state index is -0.355. The van der Waals surface area contributed by atoms with E-state index < -0.39 is 0 Å². The Morgan fingerprint density at radius 1 is 1.42 bits per heavy atom. The molecule has 2 heterocycles. The Balaban J connectivity index is 1.85. The normalized spacial score (nSPS) is 19.3. The molecule has 1 N–H and O–H groups in total. The number of β-amino-alcohol motifs (C(OH)–C–C–N with tert-alkyl or cyclic N) is 1. The monoisotopic (exact) mass is 258 g/mol. The molecule has 19 heavy (non-hydrogen) atoms. The first-order valence-electron chi connectivity index (χ1n) is 6.66. The highest BCUT2D eigenvalue weighted by atomic mass is 16.3. The predicted molar refractivity (Wildman–Crippen MR) is 73.9 cm³/mol. The fraction of sp³-hybridized carbons (Fsp3) is 0.400. The smallest absolute Gasteiger partial charge is 0.242 e. The highest BCUT2D eigenvalue weighted by Gasteiger charge is 2.24. The Kier molecular flexibility index (Phi) is 3.03. The maximum absolute atomic E-state index is 12.2. The van der Waals surface area contributed by atoms with Gasteiger partial charge in [-0.2, -0.15) is 0 Å².